The Bertz CT molecular complexity index is 442. The second kappa shape index (κ2) is 9.64. The molecule has 1 aromatic rings. The number of carbonyl (C=O) groups excluding carboxylic acids is 1. The zero-order valence-electron chi connectivity index (χ0n) is 12.3. The minimum Gasteiger partial charge on any atom is -0.467 e. The Labute approximate surface area is 142 Å². The maximum absolute atomic E-state index is 11.9. The first-order valence-electron chi connectivity index (χ1n) is 7.12. The van der Waals surface area contributed by atoms with E-state index >= 15 is 0 Å². The van der Waals surface area contributed by atoms with E-state index in [0.717, 1.165) is 38.2 Å². The summed E-state index contributed by atoms with van der Waals surface area (Å²) in [4.78, 5) is 18.1. The van der Waals surface area contributed by atoms with Gasteiger partial charge < -0.3 is 20.0 Å². The minimum atomic E-state index is 0. The first-order chi connectivity index (χ1) is 9.79. The van der Waals surface area contributed by atoms with E-state index < -0.39 is 0 Å². The number of guanidine groups is 1. The molecule has 2 N–H and O–H groups in total. The largest absolute Gasteiger partial charge is 0.467 e. The second-order valence-corrected chi connectivity index (χ2v) is 4.72. The molecule has 0 saturated carbocycles. The van der Waals surface area contributed by atoms with Crippen LogP contribution in [0.3, 0.4) is 0 Å². The van der Waals surface area contributed by atoms with Gasteiger partial charge in [0, 0.05) is 19.6 Å². The standard InChI is InChI=1S/C14H22N4O2.HI/c1-2-15-14(16-10-12-6-5-9-20-12)17-11-13(19)18-7-3-4-8-18;/h5-6,9H,2-4,7-8,10-11H2,1H3,(H2,15,16,17);1H. The van der Waals surface area contributed by atoms with Crippen molar-refractivity contribution in [1.29, 1.82) is 0 Å². The highest BCUT2D eigenvalue weighted by molar-refractivity contribution is 14.0. The molecule has 21 heavy (non-hydrogen) atoms. The molecule has 0 radical (unpaired) electrons. The molecule has 1 aliphatic rings. The molecule has 6 nitrogen and oxygen atoms in total. The van der Waals surface area contributed by atoms with Gasteiger partial charge in [0.25, 0.3) is 0 Å². The Balaban J connectivity index is 0.00000220. The Morgan fingerprint density at radius 2 is 2.14 bits per heavy atom. The third kappa shape index (κ3) is 5.94. The van der Waals surface area contributed by atoms with Crippen molar-refractivity contribution >= 4 is 35.8 Å². The van der Waals surface area contributed by atoms with Gasteiger partial charge in [0.1, 0.15) is 12.3 Å². The molecule has 2 heterocycles. The molecule has 1 aliphatic heterocycles. The molecule has 0 spiro atoms. The Morgan fingerprint density at radius 1 is 1.38 bits per heavy atom. The van der Waals surface area contributed by atoms with Crippen LogP contribution in [0.15, 0.2) is 27.8 Å². The normalized spacial score (nSPS) is 14.7. The predicted octanol–water partition coefficient (Wildman–Crippen LogP) is 1.58. The summed E-state index contributed by atoms with van der Waals surface area (Å²) in [5.41, 5.74) is 0. The molecule has 0 atom stereocenters. The summed E-state index contributed by atoms with van der Waals surface area (Å²) < 4.78 is 5.25. The summed E-state index contributed by atoms with van der Waals surface area (Å²) in [5.74, 6) is 1.57. The van der Waals surface area contributed by atoms with E-state index in [9.17, 15) is 4.79 Å². The third-order valence-electron chi connectivity index (χ3n) is 3.19. The summed E-state index contributed by atoms with van der Waals surface area (Å²) >= 11 is 0. The number of aliphatic imine (C=N–C) groups is 1. The van der Waals surface area contributed by atoms with Crippen LogP contribution in [-0.2, 0) is 11.3 Å². The lowest BCUT2D eigenvalue weighted by Gasteiger charge is -2.14. The number of likely N-dealkylation sites (tertiary alicyclic amines) is 1. The van der Waals surface area contributed by atoms with Gasteiger partial charge in [-0.15, -0.1) is 24.0 Å². The van der Waals surface area contributed by atoms with Gasteiger partial charge in [-0.05, 0) is 31.9 Å². The van der Waals surface area contributed by atoms with Crippen LogP contribution in [-0.4, -0.2) is 42.9 Å². The van der Waals surface area contributed by atoms with Gasteiger partial charge in [-0.1, -0.05) is 0 Å². The van der Waals surface area contributed by atoms with Crippen molar-refractivity contribution in [2.24, 2.45) is 4.99 Å². The fraction of sp³-hybridized carbons (Fsp3) is 0.571. The summed E-state index contributed by atoms with van der Waals surface area (Å²) in [5, 5.41) is 6.26. The number of rotatable bonds is 5. The summed E-state index contributed by atoms with van der Waals surface area (Å²) in [6.07, 6.45) is 3.84. The fourth-order valence-electron chi connectivity index (χ4n) is 2.14. The zero-order chi connectivity index (χ0) is 14.2. The van der Waals surface area contributed by atoms with Crippen LogP contribution in [0, 0.1) is 0 Å². The van der Waals surface area contributed by atoms with Crippen molar-refractivity contribution in [2.45, 2.75) is 26.3 Å². The first-order valence-corrected chi connectivity index (χ1v) is 7.12. The topological polar surface area (TPSA) is 69.9 Å². The molecule has 0 aliphatic carbocycles. The van der Waals surface area contributed by atoms with Crippen molar-refractivity contribution in [1.82, 2.24) is 15.5 Å². The van der Waals surface area contributed by atoms with Crippen molar-refractivity contribution < 1.29 is 9.21 Å². The van der Waals surface area contributed by atoms with Gasteiger partial charge in [0.05, 0.1) is 12.8 Å². The number of nitrogens with one attached hydrogen (secondary N) is 2. The maximum atomic E-state index is 11.9. The average molecular weight is 406 g/mol. The van der Waals surface area contributed by atoms with E-state index in [1.807, 2.05) is 24.0 Å². The van der Waals surface area contributed by atoms with Crippen molar-refractivity contribution in [3.8, 4) is 0 Å². The second-order valence-electron chi connectivity index (χ2n) is 4.72. The van der Waals surface area contributed by atoms with E-state index in [1.54, 1.807) is 6.26 Å². The fourth-order valence-corrected chi connectivity index (χ4v) is 2.14. The van der Waals surface area contributed by atoms with Crippen molar-refractivity contribution in [3.05, 3.63) is 24.2 Å². The van der Waals surface area contributed by atoms with Gasteiger partial charge in [0.2, 0.25) is 5.91 Å². The predicted molar refractivity (Wildman–Crippen MR) is 92.8 cm³/mol. The highest BCUT2D eigenvalue weighted by Gasteiger charge is 2.17. The van der Waals surface area contributed by atoms with Crippen LogP contribution in [0.4, 0.5) is 0 Å². The van der Waals surface area contributed by atoms with E-state index in [4.69, 9.17) is 4.42 Å². The Hall–Kier alpha value is -1.25. The molecule has 118 valence electrons. The first kappa shape index (κ1) is 17.8. The third-order valence-corrected chi connectivity index (χ3v) is 3.19. The van der Waals surface area contributed by atoms with Crippen LogP contribution >= 0.6 is 24.0 Å². The van der Waals surface area contributed by atoms with Gasteiger partial charge in [0.15, 0.2) is 5.96 Å². The number of amides is 1. The number of furan rings is 1. The Kier molecular flexibility index (Phi) is 8.17. The van der Waals surface area contributed by atoms with Crippen LogP contribution in [0.25, 0.3) is 0 Å². The number of hydrogen-bond acceptors (Lipinski definition) is 3. The Morgan fingerprint density at radius 3 is 2.76 bits per heavy atom. The lowest BCUT2D eigenvalue weighted by Crippen LogP contribution is -2.38. The highest BCUT2D eigenvalue weighted by Crippen LogP contribution is 2.07. The summed E-state index contributed by atoms with van der Waals surface area (Å²) in [6.45, 7) is 5.22. The number of carbonyl (C=O) groups is 1. The smallest absolute Gasteiger partial charge is 0.244 e. The molecule has 1 saturated heterocycles. The monoisotopic (exact) mass is 406 g/mol. The molecular weight excluding hydrogens is 383 g/mol. The number of halogens is 1. The maximum Gasteiger partial charge on any atom is 0.244 e. The molecule has 0 unspecified atom stereocenters. The number of hydrogen-bond donors (Lipinski definition) is 2. The average Bonchev–Trinajstić information content (AvgIpc) is 3.13. The van der Waals surface area contributed by atoms with Gasteiger partial charge in [-0.3, -0.25) is 4.79 Å². The SMILES string of the molecule is CCNC(=NCC(=O)N1CCCC1)NCc1ccco1.I. The molecule has 1 aromatic heterocycles. The van der Waals surface area contributed by atoms with Crippen LogP contribution in [0.5, 0.6) is 0 Å². The van der Waals surface area contributed by atoms with E-state index in [-0.39, 0.29) is 36.4 Å². The zero-order valence-corrected chi connectivity index (χ0v) is 14.6. The number of nitrogens with zero attached hydrogens (tertiary/aromatic N) is 2. The van der Waals surface area contributed by atoms with Crippen LogP contribution in [0.1, 0.15) is 25.5 Å². The van der Waals surface area contributed by atoms with E-state index in [2.05, 4.69) is 15.6 Å². The van der Waals surface area contributed by atoms with Gasteiger partial charge >= 0.3 is 0 Å². The molecule has 7 heteroatoms. The molecule has 0 aromatic carbocycles. The van der Waals surface area contributed by atoms with Gasteiger partial charge in [-0.25, -0.2) is 4.99 Å². The van der Waals surface area contributed by atoms with E-state index in [1.165, 1.54) is 0 Å². The molecule has 1 amide bonds. The van der Waals surface area contributed by atoms with Crippen molar-refractivity contribution in [2.75, 3.05) is 26.2 Å². The molecular formula is C14H23IN4O2. The summed E-state index contributed by atoms with van der Waals surface area (Å²) in [7, 11) is 0. The van der Waals surface area contributed by atoms with E-state index in [0.29, 0.717) is 12.5 Å². The summed E-state index contributed by atoms with van der Waals surface area (Å²) in [6, 6.07) is 3.74. The van der Waals surface area contributed by atoms with Crippen molar-refractivity contribution in [3.63, 3.8) is 0 Å². The lowest BCUT2D eigenvalue weighted by atomic mass is 10.4. The van der Waals surface area contributed by atoms with Gasteiger partial charge in [-0.2, -0.15) is 0 Å². The molecule has 2 rings (SSSR count). The molecule has 0 bridgehead atoms. The van der Waals surface area contributed by atoms with Crippen LogP contribution in [0.2, 0.25) is 0 Å². The van der Waals surface area contributed by atoms with Crippen LogP contribution < -0.4 is 10.6 Å². The highest BCUT2D eigenvalue weighted by atomic mass is 127. The minimum absolute atomic E-state index is 0. The molecule has 1 fully saturated rings. The quantitative estimate of drug-likeness (QED) is 0.443. The lowest BCUT2D eigenvalue weighted by molar-refractivity contribution is -0.128.